The lowest BCUT2D eigenvalue weighted by Crippen LogP contribution is -2.07. The second-order valence-corrected chi connectivity index (χ2v) is 4.27. The van der Waals surface area contributed by atoms with Crippen LogP contribution < -0.4 is 5.56 Å². The summed E-state index contributed by atoms with van der Waals surface area (Å²) in [5, 5.41) is 1.92. The summed E-state index contributed by atoms with van der Waals surface area (Å²) >= 11 is 1.46. The highest BCUT2D eigenvalue weighted by Gasteiger charge is 2.05. The second kappa shape index (κ2) is 3.57. The van der Waals surface area contributed by atoms with Gasteiger partial charge in [0.2, 0.25) is 0 Å². The van der Waals surface area contributed by atoms with Crippen LogP contribution in [-0.2, 0) is 0 Å². The van der Waals surface area contributed by atoms with Crippen molar-refractivity contribution in [3.63, 3.8) is 0 Å². The molecule has 1 aromatic carbocycles. The third-order valence-electron chi connectivity index (χ3n) is 2.38. The third-order valence-corrected chi connectivity index (χ3v) is 3.14. The minimum atomic E-state index is -0.193. The Morgan fingerprint density at radius 3 is 2.81 bits per heavy atom. The van der Waals surface area contributed by atoms with Gasteiger partial charge in [0, 0.05) is 17.6 Å². The van der Waals surface area contributed by atoms with Crippen molar-refractivity contribution in [3.05, 3.63) is 58.3 Å². The van der Waals surface area contributed by atoms with Gasteiger partial charge >= 0.3 is 0 Å². The van der Waals surface area contributed by atoms with Gasteiger partial charge in [0.25, 0.3) is 5.56 Å². The summed E-state index contributed by atoms with van der Waals surface area (Å²) in [7, 11) is 0. The van der Waals surface area contributed by atoms with Crippen molar-refractivity contribution in [2.24, 2.45) is 0 Å². The van der Waals surface area contributed by atoms with Crippen LogP contribution in [0.4, 0.5) is 0 Å². The van der Waals surface area contributed by atoms with Crippen LogP contribution in [0.15, 0.2) is 52.8 Å². The molecule has 0 fully saturated rings. The zero-order valence-corrected chi connectivity index (χ0v) is 9.15. The molecule has 4 heteroatoms. The van der Waals surface area contributed by atoms with Gasteiger partial charge in [0.1, 0.15) is 0 Å². The molecule has 3 aromatic rings. The van der Waals surface area contributed by atoms with E-state index in [9.17, 15) is 4.79 Å². The number of aromatic nitrogens is 2. The van der Waals surface area contributed by atoms with Crippen molar-refractivity contribution >= 4 is 16.3 Å². The number of fused-ring (bicyclic) bond motifs is 1. The molecule has 0 saturated carbocycles. The Balaban J connectivity index is 2.39. The Morgan fingerprint density at radius 1 is 1.19 bits per heavy atom. The first kappa shape index (κ1) is 9.30. The van der Waals surface area contributed by atoms with E-state index in [2.05, 4.69) is 4.98 Å². The Bertz CT molecular complexity index is 685. The molecule has 3 nitrogen and oxygen atoms in total. The molecule has 3 rings (SSSR count). The van der Waals surface area contributed by atoms with Gasteiger partial charge in [-0.1, -0.05) is 30.3 Å². The summed E-state index contributed by atoms with van der Waals surface area (Å²) in [5.74, 6) is 0. The highest BCUT2D eigenvalue weighted by molar-refractivity contribution is 7.15. The Hall–Kier alpha value is -1.94. The van der Waals surface area contributed by atoms with Crippen molar-refractivity contribution in [1.82, 2.24) is 9.38 Å². The SMILES string of the molecule is O=c1cc(-c2ccccc2)n2ccsc2n1. The molecule has 2 aromatic heterocycles. The number of thiazole rings is 1. The predicted molar refractivity (Wildman–Crippen MR) is 64.8 cm³/mol. The van der Waals surface area contributed by atoms with Gasteiger partial charge in [-0.15, -0.1) is 11.3 Å². The van der Waals surface area contributed by atoms with E-state index in [0.29, 0.717) is 0 Å². The van der Waals surface area contributed by atoms with E-state index in [4.69, 9.17) is 0 Å². The summed E-state index contributed by atoms with van der Waals surface area (Å²) in [4.78, 5) is 16.1. The lowest BCUT2D eigenvalue weighted by Gasteiger charge is -2.03. The predicted octanol–water partition coefficient (Wildman–Crippen LogP) is 2.42. The second-order valence-electron chi connectivity index (χ2n) is 3.40. The van der Waals surface area contributed by atoms with E-state index in [-0.39, 0.29) is 5.56 Å². The molecule has 0 aliphatic heterocycles. The van der Waals surface area contributed by atoms with E-state index >= 15 is 0 Å². The lowest BCUT2D eigenvalue weighted by atomic mass is 10.1. The van der Waals surface area contributed by atoms with E-state index in [1.165, 1.54) is 11.3 Å². The molecule has 0 aliphatic carbocycles. The highest BCUT2D eigenvalue weighted by Crippen LogP contribution is 2.19. The molecule has 0 spiro atoms. The van der Waals surface area contributed by atoms with Gasteiger partial charge in [-0.3, -0.25) is 9.20 Å². The van der Waals surface area contributed by atoms with E-state index in [1.807, 2.05) is 46.3 Å². The maximum atomic E-state index is 11.5. The highest BCUT2D eigenvalue weighted by atomic mass is 32.1. The van der Waals surface area contributed by atoms with Crippen LogP contribution in [0.3, 0.4) is 0 Å². The Morgan fingerprint density at radius 2 is 2.00 bits per heavy atom. The van der Waals surface area contributed by atoms with E-state index < -0.39 is 0 Å². The first-order valence-electron chi connectivity index (χ1n) is 4.87. The van der Waals surface area contributed by atoms with Gasteiger partial charge in [-0.2, -0.15) is 4.98 Å². The van der Waals surface area contributed by atoms with Gasteiger partial charge in [0.15, 0.2) is 4.96 Å². The zero-order valence-electron chi connectivity index (χ0n) is 8.33. The zero-order chi connectivity index (χ0) is 11.0. The summed E-state index contributed by atoms with van der Waals surface area (Å²) in [6.45, 7) is 0. The molecule has 0 N–H and O–H groups in total. The van der Waals surface area contributed by atoms with Crippen LogP contribution in [0.2, 0.25) is 0 Å². The van der Waals surface area contributed by atoms with Gasteiger partial charge in [0.05, 0.1) is 5.69 Å². The molecule has 0 atom stereocenters. The average Bonchev–Trinajstić information content (AvgIpc) is 2.77. The van der Waals surface area contributed by atoms with Crippen molar-refractivity contribution in [3.8, 4) is 11.3 Å². The largest absolute Gasteiger partial charge is 0.292 e. The van der Waals surface area contributed by atoms with Crippen LogP contribution in [0.25, 0.3) is 16.2 Å². The standard InChI is InChI=1S/C12H8N2OS/c15-11-8-10(9-4-2-1-3-5-9)14-6-7-16-12(14)13-11/h1-8H. The maximum absolute atomic E-state index is 11.5. The normalized spacial score (nSPS) is 10.8. The fourth-order valence-corrected chi connectivity index (χ4v) is 2.40. The molecule has 0 aliphatic rings. The van der Waals surface area contributed by atoms with Gasteiger partial charge in [-0.25, -0.2) is 0 Å². The summed E-state index contributed by atoms with van der Waals surface area (Å²) in [6.07, 6.45) is 1.93. The van der Waals surface area contributed by atoms with Crippen molar-refractivity contribution < 1.29 is 0 Å². The van der Waals surface area contributed by atoms with Crippen LogP contribution in [0.1, 0.15) is 0 Å². The average molecular weight is 228 g/mol. The van der Waals surface area contributed by atoms with Crippen molar-refractivity contribution in [2.45, 2.75) is 0 Å². The molecule has 2 heterocycles. The number of benzene rings is 1. The van der Waals surface area contributed by atoms with Crippen LogP contribution in [0.5, 0.6) is 0 Å². The molecule has 0 bridgehead atoms. The summed E-state index contributed by atoms with van der Waals surface area (Å²) in [5.41, 5.74) is 1.72. The molecular weight excluding hydrogens is 220 g/mol. The fourth-order valence-electron chi connectivity index (χ4n) is 1.68. The first-order chi connectivity index (χ1) is 7.84. The molecule has 0 amide bonds. The minimum Gasteiger partial charge on any atom is -0.292 e. The number of rotatable bonds is 1. The van der Waals surface area contributed by atoms with E-state index in [0.717, 1.165) is 16.2 Å². The third kappa shape index (κ3) is 1.44. The van der Waals surface area contributed by atoms with Crippen molar-refractivity contribution in [1.29, 1.82) is 0 Å². The summed E-state index contributed by atoms with van der Waals surface area (Å²) < 4.78 is 1.93. The molecule has 0 saturated heterocycles. The number of hydrogen-bond donors (Lipinski definition) is 0. The van der Waals surface area contributed by atoms with Crippen LogP contribution >= 0.6 is 11.3 Å². The maximum Gasteiger partial charge on any atom is 0.274 e. The molecule has 0 unspecified atom stereocenters. The molecule has 0 radical (unpaired) electrons. The number of nitrogens with zero attached hydrogens (tertiary/aromatic N) is 2. The molecule has 78 valence electrons. The lowest BCUT2D eigenvalue weighted by molar-refractivity contribution is 1.12. The smallest absolute Gasteiger partial charge is 0.274 e. The number of hydrogen-bond acceptors (Lipinski definition) is 3. The van der Waals surface area contributed by atoms with Crippen molar-refractivity contribution in [2.75, 3.05) is 0 Å². The molecule has 16 heavy (non-hydrogen) atoms. The Kier molecular flexibility index (Phi) is 2.08. The quantitative estimate of drug-likeness (QED) is 0.641. The monoisotopic (exact) mass is 228 g/mol. The minimum absolute atomic E-state index is 0.193. The van der Waals surface area contributed by atoms with Gasteiger partial charge < -0.3 is 0 Å². The summed E-state index contributed by atoms with van der Waals surface area (Å²) in [6, 6.07) is 11.4. The topological polar surface area (TPSA) is 34.4 Å². The van der Waals surface area contributed by atoms with Crippen LogP contribution in [-0.4, -0.2) is 9.38 Å². The van der Waals surface area contributed by atoms with E-state index in [1.54, 1.807) is 6.07 Å². The fraction of sp³-hybridized carbons (Fsp3) is 0. The first-order valence-corrected chi connectivity index (χ1v) is 5.75. The van der Waals surface area contributed by atoms with Crippen LogP contribution in [0, 0.1) is 0 Å². The molecular formula is C12H8N2OS. The Labute approximate surface area is 95.6 Å². The van der Waals surface area contributed by atoms with Gasteiger partial charge in [-0.05, 0) is 5.56 Å².